The fourth-order valence-corrected chi connectivity index (χ4v) is 2.90. The number of likely N-dealkylation sites (tertiary alicyclic amines) is 1. The van der Waals surface area contributed by atoms with Gasteiger partial charge in [-0.05, 0) is 59.0 Å². The minimum absolute atomic E-state index is 0.0255. The quantitative estimate of drug-likeness (QED) is 0.850. The molecule has 0 aromatic carbocycles. The summed E-state index contributed by atoms with van der Waals surface area (Å²) >= 11 is 0. The first-order valence-electron chi connectivity index (χ1n) is 8.42. The second kappa shape index (κ2) is 7.27. The SMILES string of the molecule is C[C@H]1CCCN(CCCNC(=O)c2cnn(C(C)(C)C)c2)C1. The molecule has 1 aromatic heterocycles. The molecular weight excluding hydrogens is 276 g/mol. The van der Waals surface area contributed by atoms with Gasteiger partial charge in [-0.15, -0.1) is 0 Å². The molecule has 1 atom stereocenters. The van der Waals surface area contributed by atoms with Gasteiger partial charge >= 0.3 is 0 Å². The number of carbonyl (C=O) groups excluding carboxylic acids is 1. The Morgan fingerprint density at radius 2 is 2.23 bits per heavy atom. The maximum Gasteiger partial charge on any atom is 0.254 e. The van der Waals surface area contributed by atoms with Crippen molar-refractivity contribution in [2.75, 3.05) is 26.2 Å². The Morgan fingerprint density at radius 1 is 1.45 bits per heavy atom. The topological polar surface area (TPSA) is 50.2 Å². The highest BCUT2D eigenvalue weighted by Crippen LogP contribution is 2.15. The number of piperidine rings is 1. The molecule has 1 saturated heterocycles. The van der Waals surface area contributed by atoms with Crippen LogP contribution in [0.4, 0.5) is 0 Å². The first kappa shape index (κ1) is 17.0. The molecule has 5 heteroatoms. The van der Waals surface area contributed by atoms with Gasteiger partial charge in [0.2, 0.25) is 0 Å². The van der Waals surface area contributed by atoms with Gasteiger partial charge in [-0.3, -0.25) is 9.48 Å². The second-order valence-electron chi connectivity index (χ2n) is 7.50. The van der Waals surface area contributed by atoms with E-state index in [1.54, 1.807) is 6.20 Å². The highest BCUT2D eigenvalue weighted by Gasteiger charge is 2.17. The van der Waals surface area contributed by atoms with Crippen LogP contribution in [0.3, 0.4) is 0 Å². The number of carbonyl (C=O) groups is 1. The molecule has 22 heavy (non-hydrogen) atoms. The molecule has 1 aliphatic rings. The zero-order valence-corrected chi connectivity index (χ0v) is 14.4. The number of hydrogen-bond acceptors (Lipinski definition) is 3. The Bertz CT molecular complexity index is 489. The maximum atomic E-state index is 12.1. The summed E-state index contributed by atoms with van der Waals surface area (Å²) in [6.07, 6.45) is 7.13. The summed E-state index contributed by atoms with van der Waals surface area (Å²) in [5.74, 6) is 0.786. The van der Waals surface area contributed by atoms with Gasteiger partial charge in [-0.25, -0.2) is 0 Å². The standard InChI is InChI=1S/C17H30N4O/c1-14-7-5-9-20(12-14)10-6-8-18-16(22)15-11-19-21(13-15)17(2,3)4/h11,13-14H,5-10,12H2,1-4H3,(H,18,22)/t14-/m0/s1. The zero-order valence-electron chi connectivity index (χ0n) is 14.4. The highest BCUT2D eigenvalue weighted by molar-refractivity contribution is 5.93. The number of nitrogens with one attached hydrogen (secondary N) is 1. The summed E-state index contributed by atoms with van der Waals surface area (Å²) in [5.41, 5.74) is 0.547. The van der Waals surface area contributed by atoms with Gasteiger partial charge in [0.25, 0.3) is 5.91 Å². The van der Waals surface area contributed by atoms with Crippen LogP contribution in [0.2, 0.25) is 0 Å². The minimum Gasteiger partial charge on any atom is -0.352 e. The number of amides is 1. The molecule has 0 saturated carbocycles. The Kier molecular flexibility index (Phi) is 5.62. The molecule has 5 nitrogen and oxygen atoms in total. The first-order chi connectivity index (χ1) is 10.4. The summed E-state index contributed by atoms with van der Waals surface area (Å²) in [4.78, 5) is 14.6. The Hall–Kier alpha value is -1.36. The third kappa shape index (κ3) is 4.83. The summed E-state index contributed by atoms with van der Waals surface area (Å²) in [6.45, 7) is 12.7. The van der Waals surface area contributed by atoms with Crippen LogP contribution in [0, 0.1) is 5.92 Å². The largest absolute Gasteiger partial charge is 0.352 e. The van der Waals surface area contributed by atoms with Crippen LogP contribution in [-0.4, -0.2) is 46.8 Å². The van der Waals surface area contributed by atoms with E-state index in [9.17, 15) is 4.79 Å². The average molecular weight is 306 g/mol. The van der Waals surface area contributed by atoms with Crippen LogP contribution in [0.5, 0.6) is 0 Å². The number of rotatable bonds is 5. The summed E-state index contributed by atoms with van der Waals surface area (Å²) in [7, 11) is 0. The molecule has 1 aromatic rings. The summed E-state index contributed by atoms with van der Waals surface area (Å²) in [5, 5.41) is 7.26. The van der Waals surface area contributed by atoms with Gasteiger partial charge in [0.05, 0.1) is 17.3 Å². The molecule has 2 heterocycles. The lowest BCUT2D eigenvalue weighted by Crippen LogP contribution is -2.36. The van der Waals surface area contributed by atoms with Crippen molar-refractivity contribution in [1.29, 1.82) is 0 Å². The third-order valence-electron chi connectivity index (χ3n) is 4.21. The molecule has 1 N–H and O–H groups in total. The van der Waals surface area contributed by atoms with Crippen LogP contribution in [-0.2, 0) is 5.54 Å². The van der Waals surface area contributed by atoms with Crippen molar-refractivity contribution in [2.45, 2.75) is 52.5 Å². The van der Waals surface area contributed by atoms with E-state index in [0.717, 1.165) is 25.4 Å². The van der Waals surface area contributed by atoms with Gasteiger partial charge in [0, 0.05) is 19.3 Å². The molecular formula is C17H30N4O. The van der Waals surface area contributed by atoms with Gasteiger partial charge in [0.15, 0.2) is 0 Å². The predicted octanol–water partition coefficient (Wildman–Crippen LogP) is 2.49. The molecule has 1 fully saturated rings. The van der Waals surface area contributed by atoms with E-state index < -0.39 is 0 Å². The molecule has 0 radical (unpaired) electrons. The van der Waals surface area contributed by atoms with Crippen LogP contribution < -0.4 is 5.32 Å². The minimum atomic E-state index is -0.0938. The van der Waals surface area contributed by atoms with Gasteiger partial charge in [-0.1, -0.05) is 6.92 Å². The van der Waals surface area contributed by atoms with Crippen LogP contribution in [0.25, 0.3) is 0 Å². The van der Waals surface area contributed by atoms with Crippen molar-refractivity contribution in [3.8, 4) is 0 Å². The average Bonchev–Trinajstić information content (AvgIpc) is 2.93. The van der Waals surface area contributed by atoms with Crippen LogP contribution in [0.1, 0.15) is 57.3 Å². The van der Waals surface area contributed by atoms with Crippen LogP contribution >= 0.6 is 0 Å². The van der Waals surface area contributed by atoms with E-state index in [4.69, 9.17) is 0 Å². The molecule has 1 amide bonds. The summed E-state index contributed by atoms with van der Waals surface area (Å²) < 4.78 is 1.83. The Morgan fingerprint density at radius 3 is 2.86 bits per heavy atom. The van der Waals surface area contributed by atoms with Crippen molar-refractivity contribution in [1.82, 2.24) is 20.0 Å². The van der Waals surface area contributed by atoms with Crippen molar-refractivity contribution < 1.29 is 4.79 Å². The maximum absolute atomic E-state index is 12.1. The first-order valence-corrected chi connectivity index (χ1v) is 8.42. The zero-order chi connectivity index (χ0) is 16.2. The van der Waals surface area contributed by atoms with E-state index in [2.05, 4.69) is 43.0 Å². The van der Waals surface area contributed by atoms with Gasteiger partial charge < -0.3 is 10.2 Å². The lowest BCUT2D eigenvalue weighted by molar-refractivity contribution is 0.0950. The van der Waals surface area contributed by atoms with Crippen molar-refractivity contribution in [3.05, 3.63) is 18.0 Å². The summed E-state index contributed by atoms with van der Waals surface area (Å²) in [6, 6.07) is 0. The Balaban J connectivity index is 1.70. The normalized spacial score (nSPS) is 20.1. The lowest BCUT2D eigenvalue weighted by Gasteiger charge is -2.30. The monoisotopic (exact) mass is 306 g/mol. The van der Waals surface area contributed by atoms with Crippen molar-refractivity contribution >= 4 is 5.91 Å². The van der Waals surface area contributed by atoms with E-state index in [0.29, 0.717) is 5.56 Å². The second-order valence-corrected chi connectivity index (χ2v) is 7.50. The molecule has 124 valence electrons. The highest BCUT2D eigenvalue weighted by atomic mass is 16.1. The van der Waals surface area contributed by atoms with Crippen LogP contribution in [0.15, 0.2) is 12.4 Å². The lowest BCUT2D eigenvalue weighted by atomic mass is 10.0. The Labute approximate surface area is 134 Å². The van der Waals surface area contributed by atoms with Gasteiger partial charge in [-0.2, -0.15) is 5.10 Å². The van der Waals surface area contributed by atoms with E-state index in [-0.39, 0.29) is 11.4 Å². The fraction of sp³-hybridized carbons (Fsp3) is 0.765. The number of hydrogen-bond donors (Lipinski definition) is 1. The van der Waals surface area contributed by atoms with E-state index in [1.165, 1.54) is 25.9 Å². The molecule has 1 aliphatic heterocycles. The van der Waals surface area contributed by atoms with E-state index in [1.807, 2.05) is 10.9 Å². The molecule has 0 spiro atoms. The van der Waals surface area contributed by atoms with Gasteiger partial charge in [0.1, 0.15) is 0 Å². The fourth-order valence-electron chi connectivity index (χ4n) is 2.90. The number of nitrogens with zero attached hydrogens (tertiary/aromatic N) is 3. The van der Waals surface area contributed by atoms with E-state index >= 15 is 0 Å². The molecule has 2 rings (SSSR count). The van der Waals surface area contributed by atoms with Crippen molar-refractivity contribution in [2.24, 2.45) is 5.92 Å². The third-order valence-corrected chi connectivity index (χ3v) is 4.21. The molecule has 0 bridgehead atoms. The van der Waals surface area contributed by atoms with Crippen molar-refractivity contribution in [3.63, 3.8) is 0 Å². The predicted molar refractivity (Wildman–Crippen MR) is 89.0 cm³/mol. The smallest absolute Gasteiger partial charge is 0.254 e. The molecule has 0 aliphatic carbocycles. The number of aromatic nitrogens is 2. The molecule has 0 unspecified atom stereocenters.